The van der Waals surface area contributed by atoms with Crippen molar-refractivity contribution in [3.05, 3.63) is 12.8 Å². The molecule has 1 rings (SSSR count). The van der Waals surface area contributed by atoms with E-state index in [9.17, 15) is 0 Å². The fourth-order valence-corrected chi connectivity index (χ4v) is 1.94. The monoisotopic (exact) mass is 183 g/mol. The van der Waals surface area contributed by atoms with Crippen molar-refractivity contribution >= 4 is 0 Å². The summed E-state index contributed by atoms with van der Waals surface area (Å²) in [6.07, 6.45) is 6.68. The summed E-state index contributed by atoms with van der Waals surface area (Å²) in [5, 5.41) is 3.56. The van der Waals surface area contributed by atoms with Gasteiger partial charge in [-0.3, -0.25) is 0 Å². The first kappa shape index (κ1) is 10.6. The minimum absolute atomic E-state index is 0.763. The average molecular weight is 183 g/mol. The van der Waals surface area contributed by atoms with Crippen molar-refractivity contribution in [2.24, 2.45) is 5.92 Å². The lowest BCUT2D eigenvalue weighted by molar-refractivity contribution is 0.242. The maximum absolute atomic E-state index is 5.04. The Labute approximate surface area is 81.4 Å². The van der Waals surface area contributed by atoms with Gasteiger partial charge in [0.1, 0.15) is 0 Å². The Morgan fingerprint density at radius 3 is 3.00 bits per heavy atom. The maximum atomic E-state index is 5.04. The van der Waals surface area contributed by atoms with Crippen molar-refractivity contribution in [2.75, 3.05) is 13.2 Å². The smallest absolute Gasteiger partial charge is 0.0885 e. The largest absolute Gasteiger partial charge is 0.502 e. The van der Waals surface area contributed by atoms with E-state index in [-0.39, 0.29) is 0 Å². The van der Waals surface area contributed by atoms with Crippen LogP contribution in [-0.2, 0) is 4.74 Å². The molecular weight excluding hydrogens is 162 g/mol. The third kappa shape index (κ3) is 4.32. The molecule has 0 heterocycles. The number of hydrogen-bond donors (Lipinski definition) is 1. The number of ether oxygens (including phenoxy) is 1. The zero-order chi connectivity index (χ0) is 9.52. The first-order chi connectivity index (χ1) is 6.33. The van der Waals surface area contributed by atoms with E-state index in [1.165, 1.54) is 25.5 Å². The fraction of sp³-hybridized carbons (Fsp3) is 0.818. The normalized spacial score (nSPS) is 27.5. The topological polar surface area (TPSA) is 21.3 Å². The van der Waals surface area contributed by atoms with Crippen LogP contribution in [-0.4, -0.2) is 19.2 Å². The van der Waals surface area contributed by atoms with Crippen LogP contribution in [0.2, 0.25) is 0 Å². The summed E-state index contributed by atoms with van der Waals surface area (Å²) in [5.41, 5.74) is 0. The molecule has 1 N–H and O–H groups in total. The molecular formula is C11H21NO. The molecule has 0 bridgehead atoms. The van der Waals surface area contributed by atoms with Gasteiger partial charge in [-0.15, -0.1) is 0 Å². The molecule has 0 saturated heterocycles. The predicted octanol–water partition coefficient (Wildman–Crippen LogP) is 2.31. The van der Waals surface area contributed by atoms with Gasteiger partial charge in [0.25, 0.3) is 0 Å². The fourth-order valence-electron chi connectivity index (χ4n) is 1.94. The van der Waals surface area contributed by atoms with Crippen LogP contribution in [0.25, 0.3) is 0 Å². The van der Waals surface area contributed by atoms with Gasteiger partial charge in [-0.05, 0) is 38.1 Å². The van der Waals surface area contributed by atoms with E-state index in [4.69, 9.17) is 4.74 Å². The van der Waals surface area contributed by atoms with Gasteiger partial charge in [-0.2, -0.15) is 0 Å². The summed E-state index contributed by atoms with van der Waals surface area (Å²) < 4.78 is 5.04. The van der Waals surface area contributed by atoms with Crippen LogP contribution in [0.4, 0.5) is 0 Å². The van der Waals surface area contributed by atoms with Crippen LogP contribution in [0.15, 0.2) is 12.8 Å². The molecule has 1 saturated carbocycles. The molecule has 0 aliphatic heterocycles. The highest BCUT2D eigenvalue weighted by Crippen LogP contribution is 2.24. The summed E-state index contributed by atoms with van der Waals surface area (Å²) in [4.78, 5) is 0. The zero-order valence-corrected chi connectivity index (χ0v) is 8.59. The molecule has 76 valence electrons. The van der Waals surface area contributed by atoms with Crippen LogP contribution >= 0.6 is 0 Å². The summed E-state index contributed by atoms with van der Waals surface area (Å²) >= 11 is 0. The summed E-state index contributed by atoms with van der Waals surface area (Å²) in [5.74, 6) is 0.918. The highest BCUT2D eigenvalue weighted by Gasteiger charge is 2.19. The molecule has 1 aliphatic carbocycles. The van der Waals surface area contributed by atoms with Crippen LogP contribution < -0.4 is 5.32 Å². The molecule has 1 fully saturated rings. The minimum atomic E-state index is 0.763. The van der Waals surface area contributed by atoms with E-state index in [0.717, 1.165) is 31.5 Å². The van der Waals surface area contributed by atoms with Gasteiger partial charge >= 0.3 is 0 Å². The highest BCUT2D eigenvalue weighted by molar-refractivity contribution is 4.77. The van der Waals surface area contributed by atoms with E-state index in [0.29, 0.717) is 0 Å². The van der Waals surface area contributed by atoms with E-state index in [1.54, 1.807) is 0 Å². The van der Waals surface area contributed by atoms with Crippen LogP contribution in [0, 0.1) is 5.92 Å². The Bertz CT molecular complexity index is 147. The third-order valence-electron chi connectivity index (χ3n) is 2.68. The maximum Gasteiger partial charge on any atom is 0.0885 e. The predicted molar refractivity (Wildman–Crippen MR) is 55.6 cm³/mol. The van der Waals surface area contributed by atoms with Crippen molar-refractivity contribution < 1.29 is 4.74 Å². The summed E-state index contributed by atoms with van der Waals surface area (Å²) in [6.45, 7) is 7.70. The van der Waals surface area contributed by atoms with Gasteiger partial charge in [-0.25, -0.2) is 0 Å². The Hall–Kier alpha value is -0.500. The third-order valence-corrected chi connectivity index (χ3v) is 2.68. The SMILES string of the molecule is C=COCCCNC1CCC(C)C1. The molecule has 2 atom stereocenters. The lowest BCUT2D eigenvalue weighted by Crippen LogP contribution is -2.27. The van der Waals surface area contributed by atoms with E-state index >= 15 is 0 Å². The lowest BCUT2D eigenvalue weighted by Gasteiger charge is -2.11. The molecule has 1 aliphatic rings. The van der Waals surface area contributed by atoms with Crippen molar-refractivity contribution in [2.45, 2.75) is 38.6 Å². The molecule has 2 nitrogen and oxygen atoms in total. The van der Waals surface area contributed by atoms with Crippen LogP contribution in [0.5, 0.6) is 0 Å². The average Bonchev–Trinajstić information content (AvgIpc) is 2.51. The second kappa shape index (κ2) is 6.03. The molecule has 0 aromatic heterocycles. The van der Waals surface area contributed by atoms with Gasteiger partial charge in [0, 0.05) is 6.04 Å². The van der Waals surface area contributed by atoms with Gasteiger partial charge in [0.2, 0.25) is 0 Å². The van der Waals surface area contributed by atoms with Gasteiger partial charge in [0.05, 0.1) is 12.9 Å². The van der Waals surface area contributed by atoms with E-state index < -0.39 is 0 Å². The highest BCUT2D eigenvalue weighted by atomic mass is 16.5. The second-order valence-corrected chi connectivity index (χ2v) is 3.96. The van der Waals surface area contributed by atoms with E-state index in [1.807, 2.05) is 0 Å². The molecule has 2 heteroatoms. The van der Waals surface area contributed by atoms with Crippen LogP contribution in [0.3, 0.4) is 0 Å². The molecule has 0 aromatic carbocycles. The molecule has 0 spiro atoms. The standard InChI is InChI=1S/C11H21NO/c1-3-13-8-4-7-12-11-6-5-10(2)9-11/h3,10-12H,1,4-9H2,2H3. The van der Waals surface area contributed by atoms with Crippen molar-refractivity contribution in [3.8, 4) is 0 Å². The first-order valence-corrected chi connectivity index (χ1v) is 5.29. The zero-order valence-electron chi connectivity index (χ0n) is 8.59. The Morgan fingerprint density at radius 2 is 2.38 bits per heavy atom. The van der Waals surface area contributed by atoms with Crippen molar-refractivity contribution in [3.63, 3.8) is 0 Å². The molecule has 0 radical (unpaired) electrons. The van der Waals surface area contributed by atoms with Gasteiger partial charge in [-0.1, -0.05) is 13.5 Å². The molecule has 13 heavy (non-hydrogen) atoms. The summed E-state index contributed by atoms with van der Waals surface area (Å²) in [6, 6.07) is 0.763. The quantitative estimate of drug-likeness (QED) is 0.504. The Morgan fingerprint density at radius 1 is 1.54 bits per heavy atom. The van der Waals surface area contributed by atoms with Crippen molar-refractivity contribution in [1.82, 2.24) is 5.32 Å². The lowest BCUT2D eigenvalue weighted by atomic mass is 10.1. The summed E-state index contributed by atoms with van der Waals surface area (Å²) in [7, 11) is 0. The van der Waals surface area contributed by atoms with Gasteiger partial charge < -0.3 is 10.1 Å². The Kier molecular flexibility index (Phi) is 4.91. The number of rotatable bonds is 6. The second-order valence-electron chi connectivity index (χ2n) is 3.96. The molecule has 0 aromatic rings. The minimum Gasteiger partial charge on any atom is -0.502 e. The van der Waals surface area contributed by atoms with E-state index in [2.05, 4.69) is 18.8 Å². The van der Waals surface area contributed by atoms with Crippen molar-refractivity contribution in [1.29, 1.82) is 0 Å². The molecule has 0 amide bonds. The number of nitrogens with one attached hydrogen (secondary N) is 1. The Balaban J connectivity index is 1.91. The van der Waals surface area contributed by atoms with Crippen LogP contribution in [0.1, 0.15) is 32.6 Å². The molecule has 2 unspecified atom stereocenters. The first-order valence-electron chi connectivity index (χ1n) is 5.29. The number of hydrogen-bond acceptors (Lipinski definition) is 2. The van der Waals surface area contributed by atoms with Gasteiger partial charge in [0.15, 0.2) is 0 Å².